The third-order valence-electron chi connectivity index (χ3n) is 4.72. The Morgan fingerprint density at radius 2 is 1.63 bits per heavy atom. The molecule has 0 spiro atoms. The maximum Gasteiger partial charge on any atom is 0.226 e. The molecule has 3 aromatic rings. The van der Waals surface area contributed by atoms with E-state index in [0.717, 1.165) is 30.2 Å². The van der Waals surface area contributed by atoms with E-state index in [0.29, 0.717) is 6.42 Å². The monoisotopic (exact) mass is 358 g/mol. The highest BCUT2D eigenvalue weighted by Crippen LogP contribution is 2.26. The van der Waals surface area contributed by atoms with Crippen LogP contribution in [-0.4, -0.2) is 12.5 Å². The van der Waals surface area contributed by atoms with Gasteiger partial charge in [0.2, 0.25) is 5.91 Å². The van der Waals surface area contributed by atoms with Gasteiger partial charge in [0, 0.05) is 18.2 Å². The number of amides is 1. The Kier molecular flexibility index (Phi) is 5.17. The van der Waals surface area contributed by atoms with Crippen LogP contribution in [0.2, 0.25) is 0 Å². The zero-order valence-corrected chi connectivity index (χ0v) is 15.0. The molecule has 0 saturated heterocycles. The van der Waals surface area contributed by atoms with Gasteiger partial charge in [-0.2, -0.15) is 0 Å². The van der Waals surface area contributed by atoms with Crippen molar-refractivity contribution in [3.05, 3.63) is 90.0 Å². The van der Waals surface area contributed by atoms with Crippen molar-refractivity contribution in [1.29, 1.82) is 0 Å². The van der Waals surface area contributed by atoms with E-state index in [1.807, 2.05) is 60.7 Å². The molecule has 0 fully saturated rings. The van der Waals surface area contributed by atoms with E-state index in [1.165, 1.54) is 11.1 Å². The van der Waals surface area contributed by atoms with Crippen molar-refractivity contribution < 1.29 is 9.53 Å². The molecule has 0 unspecified atom stereocenters. The molecule has 0 aromatic heterocycles. The molecule has 0 radical (unpaired) electrons. The standard InChI is InChI=1S/C23H22N2O2/c26-23(16-22-21-9-5-4-6-17(21)14-15-24-22)25-18-10-12-20(13-11-18)27-19-7-2-1-3-8-19/h1-13,22,24H,14-16H2,(H,25,26)/t22-/m0/s1. The Morgan fingerprint density at radius 3 is 2.44 bits per heavy atom. The lowest BCUT2D eigenvalue weighted by atomic mass is 9.92. The fourth-order valence-electron chi connectivity index (χ4n) is 3.40. The summed E-state index contributed by atoms with van der Waals surface area (Å²) in [5.41, 5.74) is 3.33. The molecule has 1 atom stereocenters. The summed E-state index contributed by atoms with van der Waals surface area (Å²) in [6.45, 7) is 0.903. The predicted molar refractivity (Wildman–Crippen MR) is 107 cm³/mol. The van der Waals surface area contributed by atoms with Crippen LogP contribution < -0.4 is 15.4 Å². The normalized spacial score (nSPS) is 15.6. The van der Waals surface area contributed by atoms with Crippen molar-refractivity contribution in [2.24, 2.45) is 0 Å². The van der Waals surface area contributed by atoms with Crippen LogP contribution in [0.1, 0.15) is 23.6 Å². The predicted octanol–water partition coefficient (Wildman–Crippen LogP) is 4.69. The Hall–Kier alpha value is -3.11. The fraction of sp³-hybridized carbons (Fsp3) is 0.174. The molecule has 1 aliphatic heterocycles. The van der Waals surface area contributed by atoms with Crippen molar-refractivity contribution in [2.75, 3.05) is 11.9 Å². The molecule has 3 aromatic carbocycles. The van der Waals surface area contributed by atoms with E-state index in [9.17, 15) is 4.79 Å². The topological polar surface area (TPSA) is 50.4 Å². The third-order valence-corrected chi connectivity index (χ3v) is 4.72. The number of carbonyl (C=O) groups excluding carboxylic acids is 1. The van der Waals surface area contributed by atoms with Crippen LogP contribution in [0, 0.1) is 0 Å². The third kappa shape index (κ3) is 4.36. The second-order valence-electron chi connectivity index (χ2n) is 6.65. The van der Waals surface area contributed by atoms with Crippen molar-refractivity contribution in [1.82, 2.24) is 5.32 Å². The second-order valence-corrected chi connectivity index (χ2v) is 6.65. The SMILES string of the molecule is O=C(C[C@@H]1NCCc2ccccc21)Nc1ccc(Oc2ccccc2)cc1. The fourth-order valence-corrected chi connectivity index (χ4v) is 3.40. The van der Waals surface area contributed by atoms with Crippen molar-refractivity contribution >= 4 is 11.6 Å². The number of ether oxygens (including phenoxy) is 1. The quantitative estimate of drug-likeness (QED) is 0.695. The van der Waals surface area contributed by atoms with Gasteiger partial charge in [-0.05, 0) is 60.5 Å². The molecule has 1 aliphatic rings. The molecule has 4 nitrogen and oxygen atoms in total. The zero-order valence-electron chi connectivity index (χ0n) is 15.0. The highest BCUT2D eigenvalue weighted by atomic mass is 16.5. The van der Waals surface area contributed by atoms with Crippen LogP contribution in [-0.2, 0) is 11.2 Å². The average molecular weight is 358 g/mol. The number of anilines is 1. The van der Waals surface area contributed by atoms with E-state index in [-0.39, 0.29) is 11.9 Å². The molecule has 1 amide bonds. The van der Waals surface area contributed by atoms with Gasteiger partial charge in [0.15, 0.2) is 0 Å². The van der Waals surface area contributed by atoms with Gasteiger partial charge in [0.1, 0.15) is 11.5 Å². The Morgan fingerprint density at radius 1 is 0.926 bits per heavy atom. The van der Waals surface area contributed by atoms with Gasteiger partial charge in [0.25, 0.3) is 0 Å². The van der Waals surface area contributed by atoms with Gasteiger partial charge in [0.05, 0.1) is 0 Å². The minimum absolute atomic E-state index is 0.000862. The van der Waals surface area contributed by atoms with Crippen molar-refractivity contribution in [2.45, 2.75) is 18.9 Å². The summed E-state index contributed by atoms with van der Waals surface area (Å²) in [7, 11) is 0. The number of nitrogens with one attached hydrogen (secondary N) is 2. The first-order valence-electron chi connectivity index (χ1n) is 9.22. The molecule has 1 heterocycles. The summed E-state index contributed by atoms with van der Waals surface area (Å²) in [6.07, 6.45) is 1.43. The van der Waals surface area contributed by atoms with E-state index >= 15 is 0 Å². The van der Waals surface area contributed by atoms with Crippen LogP contribution >= 0.6 is 0 Å². The first kappa shape index (κ1) is 17.3. The maximum absolute atomic E-state index is 12.5. The summed E-state index contributed by atoms with van der Waals surface area (Å²) < 4.78 is 5.78. The maximum atomic E-state index is 12.5. The van der Waals surface area contributed by atoms with E-state index in [2.05, 4.69) is 28.8 Å². The number of para-hydroxylation sites is 1. The van der Waals surface area contributed by atoms with Gasteiger partial charge in [-0.1, -0.05) is 42.5 Å². The number of hydrogen-bond acceptors (Lipinski definition) is 3. The second kappa shape index (κ2) is 8.06. The first-order chi connectivity index (χ1) is 13.3. The molecule has 0 bridgehead atoms. The number of hydrogen-bond donors (Lipinski definition) is 2. The van der Waals surface area contributed by atoms with E-state index < -0.39 is 0 Å². The van der Waals surface area contributed by atoms with Crippen LogP contribution in [0.5, 0.6) is 11.5 Å². The number of fused-ring (bicyclic) bond motifs is 1. The smallest absolute Gasteiger partial charge is 0.226 e. The van der Waals surface area contributed by atoms with Crippen LogP contribution in [0.15, 0.2) is 78.9 Å². The lowest BCUT2D eigenvalue weighted by Crippen LogP contribution is -2.32. The summed E-state index contributed by atoms with van der Waals surface area (Å²) in [6, 6.07) is 25.5. The zero-order chi connectivity index (χ0) is 18.5. The van der Waals surface area contributed by atoms with Crippen LogP contribution in [0.25, 0.3) is 0 Å². The van der Waals surface area contributed by atoms with Crippen molar-refractivity contribution in [3.63, 3.8) is 0 Å². The highest BCUT2D eigenvalue weighted by molar-refractivity contribution is 5.91. The minimum atomic E-state index is 0.000862. The summed E-state index contributed by atoms with van der Waals surface area (Å²) in [5, 5.41) is 6.42. The van der Waals surface area contributed by atoms with Gasteiger partial charge < -0.3 is 15.4 Å². The first-order valence-corrected chi connectivity index (χ1v) is 9.22. The molecule has 2 N–H and O–H groups in total. The Bertz CT molecular complexity index is 907. The highest BCUT2D eigenvalue weighted by Gasteiger charge is 2.21. The van der Waals surface area contributed by atoms with Crippen LogP contribution in [0.3, 0.4) is 0 Å². The Labute approximate surface area is 159 Å². The van der Waals surface area contributed by atoms with E-state index in [1.54, 1.807) is 0 Å². The molecule has 4 heteroatoms. The molecule has 0 saturated carbocycles. The lowest BCUT2D eigenvalue weighted by molar-refractivity contribution is -0.116. The molecule has 136 valence electrons. The number of carbonyl (C=O) groups is 1. The molecule has 4 rings (SSSR count). The van der Waals surface area contributed by atoms with Crippen molar-refractivity contribution in [3.8, 4) is 11.5 Å². The molecule has 27 heavy (non-hydrogen) atoms. The summed E-state index contributed by atoms with van der Waals surface area (Å²) in [4.78, 5) is 12.5. The number of rotatable bonds is 5. The van der Waals surface area contributed by atoms with Gasteiger partial charge in [-0.15, -0.1) is 0 Å². The van der Waals surface area contributed by atoms with Gasteiger partial charge in [-0.3, -0.25) is 4.79 Å². The van der Waals surface area contributed by atoms with Crippen LogP contribution in [0.4, 0.5) is 5.69 Å². The summed E-state index contributed by atoms with van der Waals surface area (Å²) >= 11 is 0. The average Bonchev–Trinajstić information content (AvgIpc) is 2.71. The number of benzene rings is 3. The largest absolute Gasteiger partial charge is 0.457 e. The van der Waals surface area contributed by atoms with E-state index in [4.69, 9.17) is 4.74 Å². The minimum Gasteiger partial charge on any atom is -0.457 e. The molecule has 0 aliphatic carbocycles. The Balaban J connectivity index is 1.36. The molecular weight excluding hydrogens is 336 g/mol. The molecular formula is C23H22N2O2. The summed E-state index contributed by atoms with van der Waals surface area (Å²) in [5.74, 6) is 1.53. The lowest BCUT2D eigenvalue weighted by Gasteiger charge is -2.26. The van der Waals surface area contributed by atoms with Gasteiger partial charge in [-0.25, -0.2) is 0 Å². The van der Waals surface area contributed by atoms with Gasteiger partial charge >= 0.3 is 0 Å².